The van der Waals surface area contributed by atoms with Gasteiger partial charge in [0.1, 0.15) is 5.56 Å². The van der Waals surface area contributed by atoms with Gasteiger partial charge < -0.3 is 15.6 Å². The van der Waals surface area contributed by atoms with Gasteiger partial charge in [-0.1, -0.05) is 6.07 Å². The summed E-state index contributed by atoms with van der Waals surface area (Å²) in [5.41, 5.74) is 2.66. The van der Waals surface area contributed by atoms with Crippen LogP contribution < -0.4 is 10.6 Å². The molecule has 4 heterocycles. The molecule has 0 spiro atoms. The number of piperidine rings is 1. The first-order valence-corrected chi connectivity index (χ1v) is 10.4. The number of nitrogens with one attached hydrogen (secondary N) is 4. The number of hydrogen-bond donors (Lipinski definition) is 4. The Kier molecular flexibility index (Phi) is 5.09. The van der Waals surface area contributed by atoms with Gasteiger partial charge in [-0.15, -0.1) is 0 Å². The summed E-state index contributed by atoms with van der Waals surface area (Å²) in [6, 6.07) is 5.70. The highest BCUT2D eigenvalue weighted by Crippen LogP contribution is 2.39. The molecule has 0 radical (unpaired) electrons. The monoisotopic (exact) mass is 441 g/mol. The van der Waals surface area contributed by atoms with Gasteiger partial charge in [0, 0.05) is 53.2 Å². The fourth-order valence-corrected chi connectivity index (χ4v) is 4.16. The van der Waals surface area contributed by atoms with Gasteiger partial charge in [-0.25, -0.2) is 9.97 Å². The van der Waals surface area contributed by atoms with Crippen LogP contribution in [0.2, 0.25) is 0 Å². The lowest BCUT2D eigenvalue weighted by Gasteiger charge is -2.24. The van der Waals surface area contributed by atoms with Crippen molar-refractivity contribution < 1.29 is 13.2 Å². The van der Waals surface area contributed by atoms with Gasteiger partial charge >= 0.3 is 6.18 Å². The van der Waals surface area contributed by atoms with Gasteiger partial charge in [0.2, 0.25) is 5.95 Å². The van der Waals surface area contributed by atoms with E-state index in [1.807, 2.05) is 25.1 Å². The molecule has 0 aliphatic carbocycles. The van der Waals surface area contributed by atoms with Crippen LogP contribution in [0.4, 0.5) is 19.1 Å². The molecule has 0 amide bonds. The van der Waals surface area contributed by atoms with Crippen molar-refractivity contribution >= 4 is 16.9 Å². The van der Waals surface area contributed by atoms with Gasteiger partial charge in [-0.3, -0.25) is 5.10 Å². The minimum atomic E-state index is -4.58. The van der Waals surface area contributed by atoms with Gasteiger partial charge in [-0.2, -0.15) is 18.3 Å². The summed E-state index contributed by atoms with van der Waals surface area (Å²) in [5.74, 6) is 0.192. The molecule has 5 rings (SSSR count). The van der Waals surface area contributed by atoms with Crippen molar-refractivity contribution in [2.24, 2.45) is 0 Å². The summed E-state index contributed by atoms with van der Waals surface area (Å²) >= 11 is 0. The molecule has 1 saturated heterocycles. The zero-order valence-corrected chi connectivity index (χ0v) is 17.3. The normalized spacial score (nSPS) is 17.1. The first-order valence-electron chi connectivity index (χ1n) is 10.4. The summed E-state index contributed by atoms with van der Waals surface area (Å²) in [6.45, 7) is 3.53. The molecule has 32 heavy (non-hydrogen) atoms. The second-order valence-corrected chi connectivity index (χ2v) is 7.99. The summed E-state index contributed by atoms with van der Waals surface area (Å²) in [6.07, 6.45) is 1.53. The van der Waals surface area contributed by atoms with E-state index in [-0.39, 0.29) is 17.7 Å². The summed E-state index contributed by atoms with van der Waals surface area (Å²) in [7, 11) is 0. The lowest BCUT2D eigenvalue weighted by molar-refractivity contribution is -0.137. The number of nitrogens with zero attached hydrogens (tertiary/aromatic N) is 3. The molecule has 1 atom stereocenters. The predicted molar refractivity (Wildman–Crippen MR) is 116 cm³/mol. The van der Waals surface area contributed by atoms with Gasteiger partial charge in [0.25, 0.3) is 0 Å². The van der Waals surface area contributed by atoms with E-state index in [1.54, 1.807) is 12.4 Å². The Morgan fingerprint density at radius 1 is 1.16 bits per heavy atom. The minimum absolute atomic E-state index is 0.0759. The molecular weight excluding hydrogens is 419 g/mol. The zero-order chi connectivity index (χ0) is 22.3. The number of anilines is 1. The quantitative estimate of drug-likeness (QED) is 0.374. The van der Waals surface area contributed by atoms with Crippen molar-refractivity contribution in [3.8, 4) is 22.4 Å². The highest BCUT2D eigenvalue weighted by Gasteiger charge is 2.36. The van der Waals surface area contributed by atoms with Crippen LogP contribution in [-0.4, -0.2) is 44.3 Å². The van der Waals surface area contributed by atoms with Gasteiger partial charge in [0.15, 0.2) is 0 Å². The maximum Gasteiger partial charge on any atom is 0.419 e. The summed E-state index contributed by atoms with van der Waals surface area (Å²) in [4.78, 5) is 11.4. The maximum atomic E-state index is 13.9. The average Bonchev–Trinajstić information content (AvgIpc) is 3.39. The van der Waals surface area contributed by atoms with E-state index < -0.39 is 11.7 Å². The Balaban J connectivity index is 1.61. The Bertz CT molecular complexity index is 1250. The van der Waals surface area contributed by atoms with Gasteiger partial charge in [0.05, 0.1) is 11.4 Å². The smallest absolute Gasteiger partial charge is 0.360 e. The van der Waals surface area contributed by atoms with E-state index in [1.165, 1.54) is 0 Å². The number of aryl methyl sites for hydroxylation is 1. The number of aromatic amines is 2. The van der Waals surface area contributed by atoms with Crippen molar-refractivity contribution in [3.63, 3.8) is 0 Å². The molecule has 3 aromatic heterocycles. The Morgan fingerprint density at radius 3 is 2.75 bits per heavy atom. The van der Waals surface area contributed by atoms with Crippen molar-refractivity contribution in [1.29, 1.82) is 0 Å². The molecule has 4 aromatic rings. The number of fused-ring (bicyclic) bond motifs is 1. The fourth-order valence-electron chi connectivity index (χ4n) is 4.16. The zero-order valence-electron chi connectivity index (χ0n) is 17.3. The van der Waals surface area contributed by atoms with Crippen molar-refractivity contribution in [1.82, 2.24) is 30.5 Å². The molecule has 166 valence electrons. The van der Waals surface area contributed by atoms with E-state index in [2.05, 4.69) is 35.8 Å². The van der Waals surface area contributed by atoms with Crippen LogP contribution in [-0.2, 0) is 6.18 Å². The number of hydrogen-bond acceptors (Lipinski definition) is 5. The molecular formula is C22H22F3N7. The second kappa shape index (κ2) is 7.94. The second-order valence-electron chi connectivity index (χ2n) is 7.99. The van der Waals surface area contributed by atoms with Crippen LogP contribution in [0.15, 0.2) is 36.8 Å². The third-order valence-corrected chi connectivity index (χ3v) is 5.80. The fraction of sp³-hybridized carbons (Fsp3) is 0.318. The molecule has 0 bridgehead atoms. The van der Waals surface area contributed by atoms with Crippen LogP contribution in [0.5, 0.6) is 0 Å². The molecule has 10 heteroatoms. The number of H-pyrrole nitrogens is 2. The van der Waals surface area contributed by atoms with Crippen LogP contribution in [0.25, 0.3) is 33.3 Å². The Morgan fingerprint density at radius 2 is 2.03 bits per heavy atom. The van der Waals surface area contributed by atoms with Crippen molar-refractivity contribution in [3.05, 3.63) is 48.0 Å². The number of aromatic nitrogens is 5. The van der Waals surface area contributed by atoms with E-state index >= 15 is 0 Å². The Labute approximate surface area is 181 Å². The Hall–Kier alpha value is -3.40. The predicted octanol–water partition coefficient (Wildman–Crippen LogP) is 4.51. The summed E-state index contributed by atoms with van der Waals surface area (Å²) in [5, 5.41) is 14.1. The molecule has 0 unspecified atom stereocenters. The van der Waals surface area contributed by atoms with E-state index in [4.69, 9.17) is 0 Å². The molecule has 1 aliphatic heterocycles. The van der Waals surface area contributed by atoms with Crippen LogP contribution >= 0.6 is 0 Å². The highest BCUT2D eigenvalue weighted by molar-refractivity contribution is 5.98. The first kappa shape index (κ1) is 20.5. The van der Waals surface area contributed by atoms with Crippen LogP contribution in [0.1, 0.15) is 24.1 Å². The van der Waals surface area contributed by atoms with Gasteiger partial charge in [-0.05, 0) is 44.0 Å². The number of benzene rings is 1. The molecule has 0 saturated carbocycles. The topological polar surface area (TPSA) is 94.3 Å². The third-order valence-electron chi connectivity index (χ3n) is 5.80. The standard InChI is InChI=1S/C22H22F3N7/c1-12-16(10-29-32-12)13-4-5-19-15(7-13)17(9-27-19)20-18(22(23,24)25)11-28-21(31-20)30-14-3-2-6-26-8-14/h4-5,7,9-11,14,26-27H,2-3,6,8H2,1H3,(H,29,32)(H,28,30,31)/t14-/m0/s1. The lowest BCUT2D eigenvalue weighted by Crippen LogP contribution is -2.38. The molecule has 1 fully saturated rings. The number of halogens is 3. The summed E-state index contributed by atoms with van der Waals surface area (Å²) < 4.78 is 41.6. The maximum absolute atomic E-state index is 13.9. The third kappa shape index (κ3) is 3.81. The lowest BCUT2D eigenvalue weighted by atomic mass is 10.0. The first-order chi connectivity index (χ1) is 15.4. The molecule has 1 aliphatic rings. The molecule has 7 nitrogen and oxygen atoms in total. The average molecular weight is 441 g/mol. The SMILES string of the molecule is Cc1n[nH]cc1-c1ccc2[nH]cc(-c3nc(N[C@H]4CCCNC4)ncc3C(F)(F)F)c2c1. The largest absolute Gasteiger partial charge is 0.419 e. The van der Waals surface area contributed by atoms with Crippen molar-refractivity contribution in [2.45, 2.75) is 32.0 Å². The van der Waals surface area contributed by atoms with E-state index in [0.29, 0.717) is 10.9 Å². The molecule has 1 aromatic carbocycles. The van der Waals surface area contributed by atoms with Crippen LogP contribution in [0, 0.1) is 6.92 Å². The van der Waals surface area contributed by atoms with Crippen molar-refractivity contribution in [2.75, 3.05) is 18.4 Å². The molecule has 4 N–H and O–H groups in total. The van der Waals surface area contributed by atoms with E-state index in [9.17, 15) is 13.2 Å². The van der Waals surface area contributed by atoms with E-state index in [0.717, 1.165) is 54.5 Å². The minimum Gasteiger partial charge on any atom is -0.360 e. The highest BCUT2D eigenvalue weighted by atomic mass is 19.4. The number of rotatable bonds is 4. The van der Waals surface area contributed by atoms with Crippen LogP contribution in [0.3, 0.4) is 0 Å². The number of alkyl halides is 3.